The van der Waals surface area contributed by atoms with Crippen LogP contribution in [-0.2, 0) is 9.78 Å². The summed E-state index contributed by atoms with van der Waals surface area (Å²) in [5, 5.41) is 18.2. The Bertz CT molecular complexity index is 328. The fourth-order valence-electron chi connectivity index (χ4n) is 1.94. The van der Waals surface area contributed by atoms with Gasteiger partial charge in [0.2, 0.25) is 0 Å². The van der Waals surface area contributed by atoms with Gasteiger partial charge < -0.3 is 0 Å². The molecule has 1 aliphatic carbocycles. The summed E-state index contributed by atoms with van der Waals surface area (Å²) in [4.78, 5) is 9.19. The Kier molecular flexibility index (Phi) is 4.79. The second kappa shape index (κ2) is 5.58. The lowest BCUT2D eigenvalue weighted by atomic mass is 9.77. The fraction of sp³-hybridized carbons (Fsp3) is 0.857. The zero-order valence-electron chi connectivity index (χ0n) is 11.7. The summed E-state index contributed by atoms with van der Waals surface area (Å²) in [6, 6.07) is 0. The predicted molar refractivity (Wildman–Crippen MR) is 68.9 cm³/mol. The molecule has 0 aromatic carbocycles. The topological polar surface area (TPSA) is 58.9 Å². The van der Waals surface area contributed by atoms with Crippen LogP contribution in [-0.4, -0.2) is 21.7 Å². The van der Waals surface area contributed by atoms with Crippen LogP contribution in [0.1, 0.15) is 59.8 Å². The van der Waals surface area contributed by atoms with Gasteiger partial charge in [-0.15, -0.1) is 0 Å². The normalized spacial score (nSPS) is 22.8. The molecule has 0 spiro atoms. The Labute approximate surface area is 109 Å². The van der Waals surface area contributed by atoms with Gasteiger partial charge in [0.15, 0.2) is 11.2 Å². The van der Waals surface area contributed by atoms with Crippen molar-refractivity contribution in [1.82, 2.24) is 0 Å². The second-order valence-corrected chi connectivity index (χ2v) is 6.27. The second-order valence-electron chi connectivity index (χ2n) is 6.27. The average Bonchev–Trinajstić information content (AvgIpc) is 2.35. The van der Waals surface area contributed by atoms with Crippen molar-refractivity contribution in [3.05, 3.63) is 0 Å². The van der Waals surface area contributed by atoms with Gasteiger partial charge >= 0.3 is 0 Å². The standard InChI is InChI=1S/C14H24O4/c1-12(2,3)13(4,17-15)10-11-14(18-16)8-6-5-7-9-14/h15-16H,5-9H2,1-4H3. The van der Waals surface area contributed by atoms with E-state index in [1.165, 1.54) is 0 Å². The number of hydrogen-bond acceptors (Lipinski definition) is 4. The minimum atomic E-state index is -0.990. The highest BCUT2D eigenvalue weighted by Gasteiger charge is 2.39. The van der Waals surface area contributed by atoms with Gasteiger partial charge in [0.05, 0.1) is 0 Å². The third-order valence-corrected chi connectivity index (χ3v) is 3.98. The summed E-state index contributed by atoms with van der Waals surface area (Å²) in [6.07, 6.45) is 4.53. The average molecular weight is 256 g/mol. The highest BCUT2D eigenvalue weighted by atomic mass is 17.1. The van der Waals surface area contributed by atoms with Gasteiger partial charge in [-0.3, -0.25) is 10.5 Å². The van der Waals surface area contributed by atoms with Crippen molar-refractivity contribution >= 4 is 0 Å². The van der Waals surface area contributed by atoms with Crippen LogP contribution in [0.5, 0.6) is 0 Å². The van der Waals surface area contributed by atoms with E-state index in [4.69, 9.17) is 10.5 Å². The smallest absolute Gasteiger partial charge is 0.165 e. The van der Waals surface area contributed by atoms with E-state index in [1.807, 2.05) is 20.8 Å². The number of hydrogen-bond donors (Lipinski definition) is 2. The molecule has 1 atom stereocenters. The molecule has 0 radical (unpaired) electrons. The Hall–Kier alpha value is -0.600. The zero-order chi connectivity index (χ0) is 13.9. The monoisotopic (exact) mass is 256 g/mol. The molecule has 1 rings (SSSR count). The van der Waals surface area contributed by atoms with Crippen molar-refractivity contribution in [2.45, 2.75) is 71.0 Å². The van der Waals surface area contributed by atoms with E-state index < -0.39 is 11.2 Å². The van der Waals surface area contributed by atoms with E-state index >= 15 is 0 Å². The summed E-state index contributed by atoms with van der Waals surface area (Å²) in [5.74, 6) is 5.92. The van der Waals surface area contributed by atoms with Crippen LogP contribution in [0.4, 0.5) is 0 Å². The SMILES string of the molecule is CC(C)(C)C(C)(C#CC1(OO)CCCCC1)OO. The molecule has 1 unspecified atom stereocenters. The molecule has 0 aliphatic heterocycles. The van der Waals surface area contributed by atoms with Gasteiger partial charge in [-0.25, -0.2) is 9.78 Å². The lowest BCUT2D eigenvalue weighted by molar-refractivity contribution is -0.323. The molecule has 2 N–H and O–H groups in total. The molecule has 1 saturated carbocycles. The Morgan fingerprint density at radius 1 is 1.00 bits per heavy atom. The molecule has 1 fully saturated rings. The van der Waals surface area contributed by atoms with Crippen molar-refractivity contribution in [3.8, 4) is 11.8 Å². The summed E-state index contributed by atoms with van der Waals surface area (Å²) in [7, 11) is 0. The fourth-order valence-corrected chi connectivity index (χ4v) is 1.94. The maximum atomic E-state index is 9.11. The molecule has 0 amide bonds. The first-order valence-electron chi connectivity index (χ1n) is 6.48. The van der Waals surface area contributed by atoms with Crippen molar-refractivity contribution in [2.24, 2.45) is 5.41 Å². The van der Waals surface area contributed by atoms with Gasteiger partial charge in [0.1, 0.15) is 0 Å². The molecule has 0 saturated heterocycles. The van der Waals surface area contributed by atoms with E-state index in [-0.39, 0.29) is 5.41 Å². The van der Waals surface area contributed by atoms with Gasteiger partial charge in [-0.1, -0.05) is 39.0 Å². The highest BCUT2D eigenvalue weighted by Crippen LogP contribution is 2.34. The molecule has 0 heterocycles. The van der Waals surface area contributed by atoms with Gasteiger partial charge in [0, 0.05) is 5.41 Å². The molecule has 0 bridgehead atoms. The minimum absolute atomic E-state index is 0.347. The summed E-state index contributed by atoms with van der Waals surface area (Å²) >= 11 is 0. The summed E-state index contributed by atoms with van der Waals surface area (Å²) in [5.41, 5.74) is -2.14. The first kappa shape index (κ1) is 15.5. The molecule has 0 aromatic rings. The first-order chi connectivity index (χ1) is 8.29. The lowest BCUT2D eigenvalue weighted by Crippen LogP contribution is -2.41. The zero-order valence-corrected chi connectivity index (χ0v) is 11.7. The van der Waals surface area contributed by atoms with Crippen LogP contribution < -0.4 is 0 Å². The van der Waals surface area contributed by atoms with Crippen molar-refractivity contribution < 1.29 is 20.3 Å². The van der Waals surface area contributed by atoms with Crippen LogP contribution in [0.25, 0.3) is 0 Å². The summed E-state index contributed by atoms with van der Waals surface area (Å²) < 4.78 is 0. The van der Waals surface area contributed by atoms with Gasteiger partial charge in [-0.05, 0) is 32.6 Å². The molecule has 4 heteroatoms. The molecular formula is C14H24O4. The molecule has 1 aliphatic rings. The third kappa shape index (κ3) is 3.24. The quantitative estimate of drug-likeness (QED) is 0.451. The van der Waals surface area contributed by atoms with Crippen molar-refractivity contribution in [1.29, 1.82) is 0 Å². The Morgan fingerprint density at radius 3 is 1.94 bits per heavy atom. The van der Waals surface area contributed by atoms with E-state index in [2.05, 4.69) is 21.6 Å². The van der Waals surface area contributed by atoms with E-state index in [0.717, 1.165) is 19.3 Å². The third-order valence-electron chi connectivity index (χ3n) is 3.98. The largest absolute Gasteiger partial charge is 0.250 e. The van der Waals surface area contributed by atoms with Crippen LogP contribution in [0, 0.1) is 17.3 Å². The van der Waals surface area contributed by atoms with Crippen LogP contribution in [0.3, 0.4) is 0 Å². The highest BCUT2D eigenvalue weighted by molar-refractivity contribution is 5.24. The van der Waals surface area contributed by atoms with Crippen LogP contribution in [0.15, 0.2) is 0 Å². The van der Waals surface area contributed by atoms with Crippen molar-refractivity contribution in [3.63, 3.8) is 0 Å². The maximum absolute atomic E-state index is 9.11. The van der Waals surface area contributed by atoms with Crippen LogP contribution in [0.2, 0.25) is 0 Å². The maximum Gasteiger partial charge on any atom is 0.165 e. The van der Waals surface area contributed by atoms with Gasteiger partial charge in [0.25, 0.3) is 0 Å². The van der Waals surface area contributed by atoms with Gasteiger partial charge in [-0.2, -0.15) is 0 Å². The summed E-state index contributed by atoms with van der Waals surface area (Å²) in [6.45, 7) is 7.54. The van der Waals surface area contributed by atoms with E-state index in [0.29, 0.717) is 12.8 Å². The molecule has 18 heavy (non-hydrogen) atoms. The predicted octanol–water partition coefficient (Wildman–Crippen LogP) is 3.48. The molecule has 4 nitrogen and oxygen atoms in total. The van der Waals surface area contributed by atoms with Crippen LogP contribution >= 0.6 is 0 Å². The lowest BCUT2D eigenvalue weighted by Gasteiger charge is -2.35. The first-order valence-corrected chi connectivity index (χ1v) is 6.48. The Balaban J connectivity index is 2.96. The minimum Gasteiger partial charge on any atom is -0.250 e. The van der Waals surface area contributed by atoms with E-state index in [9.17, 15) is 0 Å². The molecule has 104 valence electrons. The number of rotatable bonds is 2. The Morgan fingerprint density at radius 2 is 1.56 bits per heavy atom. The van der Waals surface area contributed by atoms with Crippen molar-refractivity contribution in [2.75, 3.05) is 0 Å². The molecule has 0 aromatic heterocycles. The van der Waals surface area contributed by atoms with E-state index in [1.54, 1.807) is 6.92 Å². The molecular weight excluding hydrogens is 232 g/mol.